The minimum atomic E-state index is -0.627. The first-order valence-electron chi connectivity index (χ1n) is 12.0. The van der Waals surface area contributed by atoms with Crippen LogP contribution < -0.4 is 19.9 Å². The third kappa shape index (κ3) is 4.01. The second-order valence-corrected chi connectivity index (χ2v) is 9.80. The Kier molecular flexibility index (Phi) is 6.44. The van der Waals surface area contributed by atoms with Gasteiger partial charge in [0.2, 0.25) is 5.88 Å². The molecule has 4 heterocycles. The van der Waals surface area contributed by atoms with Gasteiger partial charge in [-0.1, -0.05) is 23.7 Å². The van der Waals surface area contributed by atoms with Crippen LogP contribution >= 0.6 is 11.6 Å². The molecule has 0 aliphatic carbocycles. The van der Waals surface area contributed by atoms with Crippen molar-refractivity contribution in [1.29, 1.82) is 0 Å². The second kappa shape index (κ2) is 9.60. The summed E-state index contributed by atoms with van der Waals surface area (Å²) in [5.74, 6) is 0.368. The molecule has 0 bridgehead atoms. The fourth-order valence-corrected chi connectivity index (χ4v) is 5.05. The average Bonchev–Trinajstić information content (AvgIpc) is 3.41. The number of hydrogen-bond donors (Lipinski definition) is 0. The minimum Gasteiger partial charge on any atom is -0.480 e. The second-order valence-electron chi connectivity index (χ2n) is 9.36. The first-order valence-corrected chi connectivity index (χ1v) is 12.4. The van der Waals surface area contributed by atoms with Crippen LogP contribution in [0.15, 0.2) is 47.5 Å². The van der Waals surface area contributed by atoms with Crippen molar-refractivity contribution < 1.29 is 14.3 Å². The highest BCUT2D eigenvalue weighted by atomic mass is 35.5. The van der Waals surface area contributed by atoms with Crippen LogP contribution in [0.1, 0.15) is 53.2 Å². The maximum Gasteiger partial charge on any atom is 0.319 e. The third-order valence-corrected chi connectivity index (χ3v) is 6.75. The number of imidazole rings is 1. The maximum absolute atomic E-state index is 14.1. The summed E-state index contributed by atoms with van der Waals surface area (Å²) in [5, 5.41) is 0.564. The molecule has 0 N–H and O–H groups in total. The van der Waals surface area contributed by atoms with Crippen LogP contribution in [0.5, 0.6) is 11.9 Å². The normalized spacial score (nSPS) is 14.8. The zero-order valence-electron chi connectivity index (χ0n) is 21.9. The summed E-state index contributed by atoms with van der Waals surface area (Å²) in [6.45, 7) is 5.88. The topological polar surface area (TPSA) is 104 Å². The van der Waals surface area contributed by atoms with E-state index in [1.165, 1.54) is 23.7 Å². The van der Waals surface area contributed by atoms with Gasteiger partial charge in [-0.15, -0.1) is 0 Å². The molecule has 3 aromatic heterocycles. The summed E-state index contributed by atoms with van der Waals surface area (Å²) in [5.41, 5.74) is 3.04. The van der Waals surface area contributed by atoms with Crippen molar-refractivity contribution in [2.45, 2.75) is 32.9 Å². The van der Waals surface area contributed by atoms with Gasteiger partial charge in [-0.25, -0.2) is 9.97 Å². The lowest BCUT2D eigenvalue weighted by molar-refractivity contribution is 0.0989. The van der Waals surface area contributed by atoms with Gasteiger partial charge in [0.1, 0.15) is 17.6 Å². The van der Waals surface area contributed by atoms with Crippen LogP contribution in [0.2, 0.25) is 5.02 Å². The van der Waals surface area contributed by atoms with Gasteiger partial charge in [-0.2, -0.15) is 4.98 Å². The number of fused-ring (bicyclic) bond motifs is 1. The fraction of sp³-hybridized carbons (Fsp3) is 0.296. The zero-order valence-corrected chi connectivity index (χ0v) is 22.6. The van der Waals surface area contributed by atoms with E-state index in [2.05, 4.69) is 9.97 Å². The highest BCUT2D eigenvalue weighted by molar-refractivity contribution is 6.30. The van der Waals surface area contributed by atoms with Crippen molar-refractivity contribution in [3.63, 3.8) is 0 Å². The molecule has 0 radical (unpaired) electrons. The molecule has 1 aromatic carbocycles. The Hall–Kier alpha value is -4.18. The molecular weight excluding hydrogens is 508 g/mol. The summed E-state index contributed by atoms with van der Waals surface area (Å²) in [4.78, 5) is 42.3. The van der Waals surface area contributed by atoms with E-state index >= 15 is 0 Å². The quantitative estimate of drug-likeness (QED) is 0.362. The fourth-order valence-electron chi connectivity index (χ4n) is 4.92. The molecule has 0 fully saturated rings. The van der Waals surface area contributed by atoms with E-state index in [1.807, 2.05) is 37.5 Å². The van der Waals surface area contributed by atoms with Crippen molar-refractivity contribution in [3.8, 4) is 23.3 Å². The Morgan fingerprint density at radius 1 is 1.05 bits per heavy atom. The number of aromatic nitrogens is 5. The molecule has 0 saturated carbocycles. The van der Waals surface area contributed by atoms with Gasteiger partial charge in [0.15, 0.2) is 5.69 Å². The number of carbonyl (C=O) groups is 1. The molecule has 0 saturated heterocycles. The molecule has 1 aliphatic heterocycles. The average molecular weight is 535 g/mol. The lowest BCUT2D eigenvalue weighted by Gasteiger charge is -2.28. The Labute approximate surface area is 224 Å². The number of carbonyl (C=O) groups excluding carboxylic acids is 1. The number of amides is 1. The van der Waals surface area contributed by atoms with Gasteiger partial charge < -0.3 is 18.6 Å². The number of hydrogen-bond acceptors (Lipinski definition) is 7. The number of ether oxygens (including phenoxy) is 2. The first-order chi connectivity index (χ1) is 18.2. The molecule has 0 spiro atoms. The number of rotatable bonds is 6. The van der Waals surface area contributed by atoms with E-state index < -0.39 is 6.04 Å². The summed E-state index contributed by atoms with van der Waals surface area (Å²) in [6.07, 6.45) is 3.30. The van der Waals surface area contributed by atoms with Crippen LogP contribution in [0.4, 0.5) is 5.69 Å². The molecule has 5 rings (SSSR count). The van der Waals surface area contributed by atoms with Crippen molar-refractivity contribution in [3.05, 3.63) is 80.6 Å². The Morgan fingerprint density at radius 2 is 1.76 bits per heavy atom. The lowest BCUT2D eigenvalue weighted by Crippen LogP contribution is -2.36. The summed E-state index contributed by atoms with van der Waals surface area (Å²) >= 11 is 6.20. The number of halogens is 1. The number of aryl methyl sites for hydroxylation is 2. The van der Waals surface area contributed by atoms with E-state index in [1.54, 1.807) is 37.6 Å². The first kappa shape index (κ1) is 25.5. The molecule has 1 atom stereocenters. The molecule has 1 amide bonds. The van der Waals surface area contributed by atoms with Gasteiger partial charge in [-0.3, -0.25) is 14.5 Å². The molecule has 4 aromatic rings. The van der Waals surface area contributed by atoms with Gasteiger partial charge in [0.25, 0.3) is 11.5 Å². The largest absolute Gasteiger partial charge is 0.480 e. The number of pyridine rings is 1. The Balaban J connectivity index is 1.81. The third-order valence-electron chi connectivity index (χ3n) is 6.50. The van der Waals surface area contributed by atoms with Gasteiger partial charge in [0, 0.05) is 30.5 Å². The van der Waals surface area contributed by atoms with E-state index in [4.69, 9.17) is 26.1 Å². The van der Waals surface area contributed by atoms with Crippen molar-refractivity contribution in [2.24, 2.45) is 7.05 Å². The molecule has 10 nitrogen and oxygen atoms in total. The standard InChI is InChI=1S/C27H27ClN6O4/c1-14(2)33-22-20(30-23(33)18-12-29-27(38-6)31-24(18)37-5)26(36)34(19-11-15(3)13-32(4)25(19)35)21(22)16-7-9-17(28)10-8-16/h7-14,21H,1-6H3/t21-/m0/s1. The maximum atomic E-state index is 14.1. The zero-order chi connectivity index (χ0) is 27.3. The number of methoxy groups -OCH3 is 2. The Bertz CT molecular complexity index is 1610. The smallest absolute Gasteiger partial charge is 0.319 e. The molecule has 1 aliphatic rings. The number of anilines is 1. The van der Waals surface area contributed by atoms with Crippen LogP contribution in [-0.2, 0) is 7.05 Å². The van der Waals surface area contributed by atoms with Crippen molar-refractivity contribution in [2.75, 3.05) is 19.1 Å². The SMILES string of the molecule is COc1ncc(-c2nc3c(n2C(C)C)[C@H](c2ccc(Cl)cc2)N(c2cc(C)cn(C)c2=O)C3=O)c(OC)n1. The molecule has 196 valence electrons. The van der Waals surface area contributed by atoms with Crippen molar-refractivity contribution >= 4 is 23.2 Å². The van der Waals surface area contributed by atoms with Crippen LogP contribution in [-0.4, -0.2) is 44.2 Å². The van der Waals surface area contributed by atoms with Crippen molar-refractivity contribution in [1.82, 2.24) is 24.1 Å². The van der Waals surface area contributed by atoms with Gasteiger partial charge in [0.05, 0.1) is 25.5 Å². The summed E-state index contributed by atoms with van der Waals surface area (Å²) in [6, 6.07) is 8.39. The highest BCUT2D eigenvalue weighted by Gasteiger charge is 2.46. The minimum absolute atomic E-state index is 0.115. The number of benzene rings is 1. The molecule has 0 unspecified atom stereocenters. The van der Waals surface area contributed by atoms with E-state index in [0.29, 0.717) is 22.1 Å². The van der Waals surface area contributed by atoms with E-state index in [9.17, 15) is 9.59 Å². The molecule has 38 heavy (non-hydrogen) atoms. The van der Waals surface area contributed by atoms with Crippen LogP contribution in [0.3, 0.4) is 0 Å². The van der Waals surface area contributed by atoms with E-state index in [0.717, 1.165) is 11.1 Å². The van der Waals surface area contributed by atoms with Gasteiger partial charge >= 0.3 is 6.01 Å². The van der Waals surface area contributed by atoms with Crippen LogP contribution in [0.25, 0.3) is 11.4 Å². The van der Waals surface area contributed by atoms with Crippen LogP contribution in [0, 0.1) is 6.92 Å². The monoisotopic (exact) mass is 534 g/mol. The lowest BCUT2D eigenvalue weighted by atomic mass is 10.0. The molecule has 11 heteroatoms. The van der Waals surface area contributed by atoms with Gasteiger partial charge in [-0.05, 0) is 50.1 Å². The number of nitrogens with zero attached hydrogens (tertiary/aromatic N) is 6. The highest BCUT2D eigenvalue weighted by Crippen LogP contribution is 2.45. The Morgan fingerprint density at radius 3 is 2.39 bits per heavy atom. The molecular formula is C27H27ClN6O4. The summed E-state index contributed by atoms with van der Waals surface area (Å²) < 4.78 is 14.1. The summed E-state index contributed by atoms with van der Waals surface area (Å²) in [7, 11) is 4.64. The van der Waals surface area contributed by atoms with E-state index in [-0.39, 0.29) is 40.8 Å². The predicted octanol–water partition coefficient (Wildman–Crippen LogP) is 4.35. The predicted molar refractivity (Wildman–Crippen MR) is 143 cm³/mol.